The Labute approximate surface area is 188 Å². The average molecular weight is 462 g/mol. The summed E-state index contributed by atoms with van der Waals surface area (Å²) >= 11 is 1.47. The van der Waals surface area contributed by atoms with Crippen molar-refractivity contribution in [3.63, 3.8) is 0 Å². The van der Waals surface area contributed by atoms with Gasteiger partial charge in [-0.2, -0.15) is 9.36 Å². The Balaban J connectivity index is 1.14. The summed E-state index contributed by atoms with van der Waals surface area (Å²) in [5, 5.41) is 9.18. The maximum Gasteiger partial charge on any atom is 0.248 e. The van der Waals surface area contributed by atoms with Gasteiger partial charge in [-0.3, -0.25) is 0 Å². The van der Waals surface area contributed by atoms with Crippen LogP contribution in [0, 0.1) is 24.7 Å². The minimum atomic E-state index is -2.53. The van der Waals surface area contributed by atoms with E-state index in [4.69, 9.17) is 4.74 Å². The van der Waals surface area contributed by atoms with Crippen LogP contribution >= 0.6 is 11.5 Å². The number of aromatic nitrogens is 5. The molecule has 0 unspecified atom stereocenters. The van der Waals surface area contributed by atoms with E-state index in [-0.39, 0.29) is 25.4 Å². The number of fused-ring (bicyclic) bond motifs is 3. The van der Waals surface area contributed by atoms with E-state index >= 15 is 0 Å². The van der Waals surface area contributed by atoms with Gasteiger partial charge in [0.2, 0.25) is 17.0 Å². The molecule has 170 valence electrons. The average Bonchev–Trinajstić information content (AvgIpc) is 3.41. The number of pyridine rings is 1. The molecule has 6 rings (SSSR count). The van der Waals surface area contributed by atoms with Crippen LogP contribution < -0.4 is 15.0 Å². The summed E-state index contributed by atoms with van der Waals surface area (Å²) in [6, 6.07) is 3.97. The largest absolute Gasteiger partial charge is 0.489 e. The van der Waals surface area contributed by atoms with Crippen LogP contribution in [0.1, 0.15) is 31.5 Å². The number of hydrogen-bond donors (Lipinski definition) is 1. The zero-order valence-electron chi connectivity index (χ0n) is 17.7. The second-order valence-electron chi connectivity index (χ2n) is 9.31. The minimum absolute atomic E-state index is 0.103. The molecule has 0 radical (unpaired) electrons. The number of rotatable bonds is 6. The summed E-state index contributed by atoms with van der Waals surface area (Å²) in [4.78, 5) is 11.6. The third-order valence-corrected chi connectivity index (χ3v) is 7.76. The minimum Gasteiger partial charge on any atom is -0.489 e. The van der Waals surface area contributed by atoms with E-state index in [1.807, 2.05) is 25.3 Å². The van der Waals surface area contributed by atoms with Crippen molar-refractivity contribution in [1.29, 1.82) is 0 Å². The van der Waals surface area contributed by atoms with Crippen LogP contribution in [0.4, 0.5) is 19.9 Å². The van der Waals surface area contributed by atoms with Gasteiger partial charge in [0, 0.05) is 55.6 Å². The summed E-state index contributed by atoms with van der Waals surface area (Å²) in [6.07, 6.45) is 3.96. The molecule has 3 atom stereocenters. The Morgan fingerprint density at radius 2 is 2.00 bits per heavy atom. The normalized spacial score (nSPS) is 27.0. The third-order valence-electron chi connectivity index (χ3n) is 6.89. The van der Waals surface area contributed by atoms with Gasteiger partial charge < -0.3 is 15.0 Å². The molecular weight excluding hydrogens is 436 g/mol. The van der Waals surface area contributed by atoms with Crippen molar-refractivity contribution in [3.8, 4) is 5.75 Å². The first kappa shape index (κ1) is 20.1. The molecule has 11 heteroatoms. The molecule has 3 aliphatic rings. The van der Waals surface area contributed by atoms with Crippen LogP contribution in [-0.4, -0.2) is 55.6 Å². The Bertz CT molecular complexity index is 1110. The predicted octanol–water partition coefficient (Wildman–Crippen LogP) is 3.64. The van der Waals surface area contributed by atoms with E-state index in [2.05, 4.69) is 29.7 Å². The van der Waals surface area contributed by atoms with Crippen LogP contribution in [0.5, 0.6) is 5.75 Å². The van der Waals surface area contributed by atoms with Gasteiger partial charge in [0.15, 0.2) is 11.4 Å². The van der Waals surface area contributed by atoms with Gasteiger partial charge in [0.1, 0.15) is 5.82 Å². The Morgan fingerprint density at radius 3 is 2.69 bits per heavy atom. The second-order valence-corrected chi connectivity index (χ2v) is 10.0. The van der Waals surface area contributed by atoms with Gasteiger partial charge in [0.25, 0.3) is 0 Å². The van der Waals surface area contributed by atoms with Gasteiger partial charge >= 0.3 is 0 Å². The molecule has 3 fully saturated rings. The van der Waals surface area contributed by atoms with Gasteiger partial charge in [-0.15, -0.1) is 5.10 Å². The van der Waals surface area contributed by atoms with Gasteiger partial charge in [-0.25, -0.2) is 18.3 Å². The predicted molar refractivity (Wildman–Crippen MR) is 117 cm³/mol. The third kappa shape index (κ3) is 3.66. The number of anilines is 2. The van der Waals surface area contributed by atoms with Crippen LogP contribution in [0.15, 0.2) is 18.3 Å². The first-order chi connectivity index (χ1) is 15.4. The lowest BCUT2D eigenvalue weighted by atomic mass is 9.82. The molecule has 0 aromatic carbocycles. The first-order valence-corrected chi connectivity index (χ1v) is 11.9. The van der Waals surface area contributed by atoms with E-state index in [1.165, 1.54) is 24.4 Å². The maximum absolute atomic E-state index is 13.1. The monoisotopic (exact) mass is 461 g/mol. The highest BCUT2D eigenvalue weighted by molar-refractivity contribution is 7.09. The number of ether oxygens (including phenoxy) is 1. The zero-order valence-corrected chi connectivity index (χ0v) is 18.6. The van der Waals surface area contributed by atoms with E-state index in [0.717, 1.165) is 24.0 Å². The van der Waals surface area contributed by atoms with Crippen molar-refractivity contribution in [2.45, 2.75) is 44.6 Å². The summed E-state index contributed by atoms with van der Waals surface area (Å²) in [6.45, 7) is 4.11. The van der Waals surface area contributed by atoms with E-state index in [9.17, 15) is 8.78 Å². The first-order valence-electron chi connectivity index (χ1n) is 11.1. The number of alkyl halides is 2. The molecule has 4 heterocycles. The fourth-order valence-electron chi connectivity index (χ4n) is 5.34. The van der Waals surface area contributed by atoms with Gasteiger partial charge in [-0.05, 0) is 43.7 Å². The molecule has 1 aliphatic heterocycles. The molecule has 2 saturated carbocycles. The smallest absolute Gasteiger partial charge is 0.248 e. The van der Waals surface area contributed by atoms with E-state index in [0.29, 0.717) is 35.2 Å². The maximum atomic E-state index is 13.1. The Hall–Kier alpha value is -2.56. The van der Waals surface area contributed by atoms with Crippen molar-refractivity contribution >= 4 is 28.3 Å². The van der Waals surface area contributed by atoms with E-state index < -0.39 is 5.92 Å². The fraction of sp³-hybridized carbons (Fsp3) is 0.619. The lowest BCUT2D eigenvalue weighted by molar-refractivity contribution is -0.119. The molecule has 3 aromatic heterocycles. The van der Waals surface area contributed by atoms with Crippen LogP contribution in [0.2, 0.25) is 0 Å². The van der Waals surface area contributed by atoms with Crippen molar-refractivity contribution in [3.05, 3.63) is 24.2 Å². The van der Waals surface area contributed by atoms with Crippen molar-refractivity contribution in [1.82, 2.24) is 24.0 Å². The topological polar surface area (TPSA) is 80.5 Å². The van der Waals surface area contributed by atoms with Crippen LogP contribution in [-0.2, 0) is 0 Å². The molecule has 2 bridgehead atoms. The summed E-state index contributed by atoms with van der Waals surface area (Å²) < 4.78 is 38.0. The molecule has 32 heavy (non-hydrogen) atoms. The molecule has 1 N–H and O–H groups in total. The number of nitrogens with one attached hydrogen (secondary N) is 1. The highest BCUT2D eigenvalue weighted by atomic mass is 32.1. The lowest BCUT2D eigenvalue weighted by Gasteiger charge is -2.37. The SMILES string of the molecule is Cc1nsc(N2C[C@H]3CC[C@@H](C2)[C@@H]3Nc2nc3c(OCC4CC(F)(F)C4)cccn3n2)n1. The number of aryl methyl sites for hydroxylation is 1. The highest BCUT2D eigenvalue weighted by Crippen LogP contribution is 2.43. The van der Waals surface area contributed by atoms with Crippen molar-refractivity contribution < 1.29 is 13.5 Å². The Morgan fingerprint density at radius 1 is 1.22 bits per heavy atom. The molecular formula is C21H25F2N7OS. The standard InChI is InChI=1S/C21H25F2N7OS/c1-12-24-20(32-28-12)29-9-14-4-5-15(10-29)17(14)25-19-26-18-16(3-2-6-30(18)27-19)31-11-13-7-21(22,23)8-13/h2-3,6,13-15,17H,4-5,7-11H2,1H3,(H,25,27)/t14-,15+,17-. The number of nitrogens with zero attached hydrogens (tertiary/aromatic N) is 6. The highest BCUT2D eigenvalue weighted by Gasteiger charge is 2.45. The van der Waals surface area contributed by atoms with Gasteiger partial charge in [0.05, 0.1) is 6.61 Å². The fourth-order valence-corrected chi connectivity index (χ4v) is 6.04. The number of hydrogen-bond acceptors (Lipinski definition) is 8. The summed E-state index contributed by atoms with van der Waals surface area (Å²) in [7, 11) is 0. The van der Waals surface area contributed by atoms with Crippen molar-refractivity contribution in [2.75, 3.05) is 29.9 Å². The molecule has 8 nitrogen and oxygen atoms in total. The quantitative estimate of drug-likeness (QED) is 0.600. The summed E-state index contributed by atoms with van der Waals surface area (Å²) in [5.41, 5.74) is 0.607. The number of halogens is 2. The number of piperidine rings is 1. The molecule has 2 aliphatic carbocycles. The van der Waals surface area contributed by atoms with Crippen molar-refractivity contribution in [2.24, 2.45) is 17.8 Å². The second kappa shape index (κ2) is 7.50. The molecule has 3 aromatic rings. The molecule has 0 spiro atoms. The van der Waals surface area contributed by atoms with Crippen LogP contribution in [0.3, 0.4) is 0 Å². The molecule has 1 saturated heterocycles. The van der Waals surface area contributed by atoms with Crippen LogP contribution in [0.25, 0.3) is 5.65 Å². The van der Waals surface area contributed by atoms with Gasteiger partial charge in [-0.1, -0.05) is 0 Å². The molecule has 0 amide bonds. The Kier molecular flexibility index (Phi) is 4.70. The lowest BCUT2D eigenvalue weighted by Crippen LogP contribution is -2.48. The zero-order chi connectivity index (χ0) is 21.9. The van der Waals surface area contributed by atoms with E-state index in [1.54, 1.807) is 4.52 Å². The summed E-state index contributed by atoms with van der Waals surface area (Å²) in [5.74, 6) is 0.349.